The molecule has 0 bridgehead atoms. The summed E-state index contributed by atoms with van der Waals surface area (Å²) in [4.78, 5) is 25.9. The maximum absolute atomic E-state index is 12.8. The molecular formula is C17H27ClFN3O2. The summed E-state index contributed by atoms with van der Waals surface area (Å²) in [6.07, 6.45) is 1.37. The number of hydrogen-bond donors (Lipinski definition) is 2. The summed E-state index contributed by atoms with van der Waals surface area (Å²) in [6, 6.07) is 5.90. The van der Waals surface area contributed by atoms with Crippen LogP contribution in [0.5, 0.6) is 0 Å². The van der Waals surface area contributed by atoms with Crippen molar-refractivity contribution in [1.82, 2.24) is 10.2 Å². The number of nitrogens with two attached hydrogens (primary N) is 1. The highest BCUT2D eigenvalue weighted by molar-refractivity contribution is 5.89. The molecule has 24 heavy (non-hydrogen) atoms. The first-order chi connectivity index (χ1) is 10.8. The molecule has 0 radical (unpaired) electrons. The molecule has 1 aromatic rings. The maximum Gasteiger partial charge on any atom is 0.242 e. The molecule has 1 unspecified atom stereocenters. The van der Waals surface area contributed by atoms with Gasteiger partial charge in [-0.05, 0) is 38.0 Å². The van der Waals surface area contributed by atoms with E-state index in [1.165, 1.54) is 17.0 Å². The average Bonchev–Trinajstić information content (AvgIpc) is 2.51. The third-order valence-electron chi connectivity index (χ3n) is 3.66. The van der Waals surface area contributed by atoms with E-state index in [2.05, 4.69) is 5.32 Å². The summed E-state index contributed by atoms with van der Waals surface area (Å²) in [6.45, 7) is 6.14. The summed E-state index contributed by atoms with van der Waals surface area (Å²) in [5.41, 5.74) is 5.88. The normalized spacial score (nSPS) is 12.7. The van der Waals surface area contributed by atoms with Crippen molar-refractivity contribution in [2.24, 2.45) is 5.73 Å². The third-order valence-corrected chi connectivity index (χ3v) is 3.66. The van der Waals surface area contributed by atoms with Crippen molar-refractivity contribution >= 4 is 24.2 Å². The van der Waals surface area contributed by atoms with Gasteiger partial charge in [-0.25, -0.2) is 4.39 Å². The average molecular weight is 360 g/mol. The molecule has 136 valence electrons. The number of nitrogens with one attached hydrogen (secondary N) is 1. The zero-order valence-corrected chi connectivity index (χ0v) is 15.3. The molecule has 5 nitrogen and oxygen atoms in total. The van der Waals surface area contributed by atoms with E-state index >= 15 is 0 Å². The Morgan fingerprint density at radius 2 is 1.83 bits per heavy atom. The summed E-state index contributed by atoms with van der Waals surface area (Å²) in [5, 5.41) is 2.73. The van der Waals surface area contributed by atoms with Crippen molar-refractivity contribution < 1.29 is 14.0 Å². The van der Waals surface area contributed by atoms with E-state index in [1.807, 2.05) is 13.8 Å². The molecular weight excluding hydrogens is 333 g/mol. The van der Waals surface area contributed by atoms with Crippen LogP contribution in [0.4, 0.5) is 4.39 Å². The molecule has 1 atom stereocenters. The molecule has 0 aromatic heterocycles. The van der Waals surface area contributed by atoms with Gasteiger partial charge in [-0.15, -0.1) is 12.4 Å². The molecule has 0 fully saturated rings. The van der Waals surface area contributed by atoms with E-state index in [0.29, 0.717) is 19.5 Å². The van der Waals surface area contributed by atoms with Crippen LogP contribution in [0.3, 0.4) is 0 Å². The Labute approximate surface area is 149 Å². The SMILES string of the molecule is CCCC(C)(N)C(=O)N(CC)CC(=O)NCc1ccc(F)cc1.Cl. The van der Waals surface area contributed by atoms with Gasteiger partial charge in [-0.3, -0.25) is 9.59 Å². The Balaban J connectivity index is 0.00000529. The quantitative estimate of drug-likeness (QED) is 0.747. The van der Waals surface area contributed by atoms with E-state index in [9.17, 15) is 14.0 Å². The maximum atomic E-state index is 12.8. The highest BCUT2D eigenvalue weighted by Crippen LogP contribution is 2.12. The number of nitrogens with zero attached hydrogens (tertiary/aromatic N) is 1. The van der Waals surface area contributed by atoms with E-state index in [4.69, 9.17) is 5.73 Å². The number of rotatable bonds is 8. The van der Waals surface area contributed by atoms with Crippen molar-refractivity contribution in [3.05, 3.63) is 35.6 Å². The molecule has 1 aromatic carbocycles. The van der Waals surface area contributed by atoms with Gasteiger partial charge in [-0.1, -0.05) is 25.5 Å². The predicted molar refractivity (Wildman–Crippen MR) is 95.2 cm³/mol. The number of hydrogen-bond acceptors (Lipinski definition) is 3. The minimum atomic E-state index is -0.956. The van der Waals surface area contributed by atoms with Crippen LogP contribution in [0.1, 0.15) is 39.2 Å². The van der Waals surface area contributed by atoms with Crippen molar-refractivity contribution in [3.63, 3.8) is 0 Å². The van der Waals surface area contributed by atoms with Crippen LogP contribution >= 0.6 is 12.4 Å². The zero-order valence-electron chi connectivity index (χ0n) is 14.5. The van der Waals surface area contributed by atoms with Gasteiger partial charge in [0.25, 0.3) is 0 Å². The molecule has 0 saturated carbocycles. The first-order valence-electron chi connectivity index (χ1n) is 7.89. The van der Waals surface area contributed by atoms with Crippen LogP contribution in [0, 0.1) is 5.82 Å². The molecule has 0 saturated heterocycles. The molecule has 0 aliphatic carbocycles. The number of carbonyl (C=O) groups excluding carboxylic acids is 2. The number of halogens is 2. The van der Waals surface area contributed by atoms with Gasteiger partial charge in [0.1, 0.15) is 5.82 Å². The third kappa shape index (κ3) is 6.84. The fourth-order valence-corrected chi connectivity index (χ4v) is 2.35. The smallest absolute Gasteiger partial charge is 0.242 e. The Morgan fingerprint density at radius 3 is 2.33 bits per heavy atom. The lowest BCUT2D eigenvalue weighted by Crippen LogP contribution is -2.55. The topological polar surface area (TPSA) is 75.4 Å². The number of amides is 2. The van der Waals surface area contributed by atoms with Gasteiger partial charge < -0.3 is 16.0 Å². The summed E-state index contributed by atoms with van der Waals surface area (Å²) < 4.78 is 12.8. The Hall–Kier alpha value is -1.66. The lowest BCUT2D eigenvalue weighted by molar-refractivity contribution is -0.140. The predicted octanol–water partition coefficient (Wildman–Crippen LogP) is 2.23. The lowest BCUT2D eigenvalue weighted by Gasteiger charge is -2.30. The molecule has 0 aliphatic heterocycles. The standard InChI is InChI=1S/C17H26FN3O2.ClH/c1-4-10-17(3,19)16(23)21(5-2)12-15(22)20-11-13-6-8-14(18)9-7-13;/h6-9H,4-5,10-12,19H2,1-3H3,(H,20,22);1H. The second-order valence-electron chi connectivity index (χ2n) is 5.89. The van der Waals surface area contributed by atoms with E-state index in [0.717, 1.165) is 12.0 Å². The lowest BCUT2D eigenvalue weighted by atomic mass is 9.95. The number of benzene rings is 1. The summed E-state index contributed by atoms with van der Waals surface area (Å²) >= 11 is 0. The highest BCUT2D eigenvalue weighted by atomic mass is 35.5. The number of likely N-dealkylation sites (N-methyl/N-ethyl adjacent to an activating group) is 1. The van der Waals surface area contributed by atoms with Gasteiger partial charge in [-0.2, -0.15) is 0 Å². The van der Waals surface area contributed by atoms with E-state index in [-0.39, 0.29) is 36.6 Å². The molecule has 0 aliphatic rings. The van der Waals surface area contributed by atoms with Gasteiger partial charge in [0.2, 0.25) is 11.8 Å². The minimum Gasteiger partial charge on any atom is -0.350 e. The van der Waals surface area contributed by atoms with Crippen LogP contribution in [0.15, 0.2) is 24.3 Å². The molecule has 2 amide bonds. The minimum absolute atomic E-state index is 0. The molecule has 7 heteroatoms. The fraction of sp³-hybridized carbons (Fsp3) is 0.529. The molecule has 1 rings (SSSR count). The molecule has 0 spiro atoms. The highest BCUT2D eigenvalue weighted by Gasteiger charge is 2.31. The van der Waals surface area contributed by atoms with Crippen LogP contribution in [0.25, 0.3) is 0 Å². The van der Waals surface area contributed by atoms with Crippen LogP contribution in [-0.4, -0.2) is 35.3 Å². The fourth-order valence-electron chi connectivity index (χ4n) is 2.35. The van der Waals surface area contributed by atoms with Crippen LogP contribution < -0.4 is 11.1 Å². The largest absolute Gasteiger partial charge is 0.350 e. The zero-order chi connectivity index (χ0) is 17.5. The first kappa shape index (κ1) is 22.3. The van der Waals surface area contributed by atoms with Crippen molar-refractivity contribution in [2.75, 3.05) is 13.1 Å². The van der Waals surface area contributed by atoms with Gasteiger partial charge in [0.15, 0.2) is 0 Å². The summed E-state index contributed by atoms with van der Waals surface area (Å²) in [7, 11) is 0. The Kier molecular flexibility index (Phi) is 9.55. The van der Waals surface area contributed by atoms with E-state index in [1.54, 1.807) is 19.1 Å². The van der Waals surface area contributed by atoms with Crippen LogP contribution in [0.2, 0.25) is 0 Å². The van der Waals surface area contributed by atoms with Crippen molar-refractivity contribution in [2.45, 2.75) is 45.7 Å². The first-order valence-corrected chi connectivity index (χ1v) is 7.89. The Morgan fingerprint density at radius 1 is 1.25 bits per heavy atom. The number of carbonyl (C=O) groups is 2. The second kappa shape index (κ2) is 10.3. The van der Waals surface area contributed by atoms with E-state index < -0.39 is 5.54 Å². The summed E-state index contributed by atoms with van der Waals surface area (Å²) in [5.74, 6) is -0.809. The second-order valence-corrected chi connectivity index (χ2v) is 5.89. The van der Waals surface area contributed by atoms with Crippen molar-refractivity contribution in [3.8, 4) is 0 Å². The van der Waals surface area contributed by atoms with Crippen molar-refractivity contribution in [1.29, 1.82) is 0 Å². The van der Waals surface area contributed by atoms with Gasteiger partial charge >= 0.3 is 0 Å². The van der Waals surface area contributed by atoms with Gasteiger partial charge in [0.05, 0.1) is 12.1 Å². The Bertz CT molecular complexity index is 535. The van der Waals surface area contributed by atoms with Gasteiger partial charge in [0, 0.05) is 13.1 Å². The molecule has 0 heterocycles. The monoisotopic (exact) mass is 359 g/mol. The van der Waals surface area contributed by atoms with Crippen LogP contribution in [-0.2, 0) is 16.1 Å². The molecule has 3 N–H and O–H groups in total.